The monoisotopic (exact) mass is 380 g/mol. The van der Waals surface area contributed by atoms with Crippen molar-refractivity contribution >= 4 is 11.6 Å². The lowest BCUT2D eigenvalue weighted by Crippen LogP contribution is -2.36. The summed E-state index contributed by atoms with van der Waals surface area (Å²) >= 11 is 0. The quantitative estimate of drug-likeness (QED) is 0.748. The van der Waals surface area contributed by atoms with Crippen LogP contribution < -0.4 is 0 Å². The average Bonchev–Trinajstić information content (AvgIpc) is 2.87. The fraction of sp³-hybridized carbons (Fsp3) is 0.400. The molecule has 0 aliphatic rings. The minimum atomic E-state index is -4.37. The van der Waals surface area contributed by atoms with E-state index < -0.39 is 17.8 Å². The van der Waals surface area contributed by atoms with Gasteiger partial charge in [-0.25, -0.2) is 0 Å². The van der Waals surface area contributed by atoms with Gasteiger partial charge in [-0.2, -0.15) is 13.2 Å². The SMILES string of the molecule is CC(=O)c1c(C)[nH]c(C(=O)[C@H](C)N(C)Cc2ccc(C(F)(F)F)cc2)c1C. The Bertz CT molecular complexity index is 851. The van der Waals surface area contributed by atoms with Gasteiger partial charge < -0.3 is 4.98 Å². The summed E-state index contributed by atoms with van der Waals surface area (Å²) in [7, 11) is 1.73. The van der Waals surface area contributed by atoms with E-state index in [1.807, 2.05) is 0 Å². The van der Waals surface area contributed by atoms with Crippen LogP contribution in [0.2, 0.25) is 0 Å². The van der Waals surface area contributed by atoms with Gasteiger partial charge in [-0.15, -0.1) is 0 Å². The van der Waals surface area contributed by atoms with E-state index in [1.54, 1.807) is 32.7 Å². The van der Waals surface area contributed by atoms with Crippen LogP contribution in [-0.4, -0.2) is 34.5 Å². The van der Waals surface area contributed by atoms with Crippen LogP contribution in [0.5, 0.6) is 0 Å². The second kappa shape index (κ2) is 7.68. The van der Waals surface area contributed by atoms with E-state index in [1.165, 1.54) is 19.1 Å². The summed E-state index contributed by atoms with van der Waals surface area (Å²) in [6, 6.07) is 4.38. The largest absolute Gasteiger partial charge is 0.416 e. The number of benzene rings is 1. The van der Waals surface area contributed by atoms with Crippen molar-refractivity contribution < 1.29 is 22.8 Å². The van der Waals surface area contributed by atoms with E-state index >= 15 is 0 Å². The Morgan fingerprint density at radius 3 is 2.15 bits per heavy atom. The summed E-state index contributed by atoms with van der Waals surface area (Å²) in [4.78, 5) is 29.3. The maximum absolute atomic E-state index is 12.8. The molecular formula is C20H23F3N2O2. The molecule has 1 aromatic heterocycles. The van der Waals surface area contributed by atoms with Crippen molar-refractivity contribution in [3.63, 3.8) is 0 Å². The van der Waals surface area contributed by atoms with E-state index in [2.05, 4.69) is 4.98 Å². The number of hydrogen-bond acceptors (Lipinski definition) is 3. The molecule has 4 nitrogen and oxygen atoms in total. The van der Waals surface area contributed by atoms with E-state index in [9.17, 15) is 22.8 Å². The lowest BCUT2D eigenvalue weighted by atomic mass is 10.0. The van der Waals surface area contributed by atoms with Crippen LogP contribution in [-0.2, 0) is 12.7 Å². The molecule has 0 bridgehead atoms. The molecule has 0 spiro atoms. The highest BCUT2D eigenvalue weighted by Gasteiger charge is 2.30. The summed E-state index contributed by atoms with van der Waals surface area (Å²) in [5, 5.41) is 0. The molecule has 0 aliphatic carbocycles. The van der Waals surface area contributed by atoms with Gasteiger partial charge >= 0.3 is 6.18 Å². The minimum Gasteiger partial charge on any atom is -0.355 e. The van der Waals surface area contributed by atoms with Crippen LogP contribution in [0, 0.1) is 13.8 Å². The zero-order chi connectivity index (χ0) is 20.5. The second-order valence-electron chi connectivity index (χ2n) is 6.83. The van der Waals surface area contributed by atoms with Crippen molar-refractivity contribution in [3.05, 3.63) is 57.9 Å². The number of alkyl halides is 3. The lowest BCUT2D eigenvalue weighted by Gasteiger charge is -2.23. The number of hydrogen-bond donors (Lipinski definition) is 1. The first kappa shape index (κ1) is 20.9. The van der Waals surface area contributed by atoms with Crippen LogP contribution in [0.4, 0.5) is 13.2 Å². The van der Waals surface area contributed by atoms with Crippen molar-refractivity contribution in [2.75, 3.05) is 7.05 Å². The third-order valence-electron chi connectivity index (χ3n) is 4.79. The molecule has 0 aliphatic heterocycles. The molecule has 0 saturated heterocycles. The number of H-pyrrole nitrogens is 1. The van der Waals surface area contributed by atoms with E-state index in [4.69, 9.17) is 0 Å². The number of likely N-dealkylation sites (N-methyl/N-ethyl adjacent to an activating group) is 1. The Hall–Kier alpha value is -2.41. The maximum atomic E-state index is 12.8. The average molecular weight is 380 g/mol. The summed E-state index contributed by atoms with van der Waals surface area (Å²) in [6.07, 6.45) is -4.37. The van der Waals surface area contributed by atoms with Gasteiger partial charge in [0, 0.05) is 17.8 Å². The number of rotatable bonds is 6. The molecule has 27 heavy (non-hydrogen) atoms. The minimum absolute atomic E-state index is 0.105. The van der Waals surface area contributed by atoms with Gasteiger partial charge in [-0.3, -0.25) is 14.5 Å². The molecule has 0 fully saturated rings. The molecule has 1 heterocycles. The molecule has 146 valence electrons. The molecule has 2 aromatic rings. The third kappa shape index (κ3) is 4.47. The van der Waals surface area contributed by atoms with Gasteiger partial charge in [0.1, 0.15) is 0 Å². The summed E-state index contributed by atoms with van der Waals surface area (Å²) in [5.74, 6) is -0.274. The fourth-order valence-electron chi connectivity index (χ4n) is 3.16. The first-order chi connectivity index (χ1) is 12.4. The number of Topliss-reactive ketones (excluding diaryl/α,β-unsaturated/α-hetero) is 2. The fourth-order valence-corrected chi connectivity index (χ4v) is 3.16. The number of aromatic amines is 1. The third-order valence-corrected chi connectivity index (χ3v) is 4.79. The molecule has 0 radical (unpaired) electrons. The van der Waals surface area contributed by atoms with Crippen LogP contribution in [0.1, 0.15) is 57.1 Å². The van der Waals surface area contributed by atoms with Crippen LogP contribution >= 0.6 is 0 Å². The molecule has 2 rings (SSSR count). The number of carbonyl (C=O) groups excluding carboxylic acids is 2. The smallest absolute Gasteiger partial charge is 0.355 e. The Balaban J connectivity index is 2.15. The van der Waals surface area contributed by atoms with Gasteiger partial charge in [0.25, 0.3) is 0 Å². The van der Waals surface area contributed by atoms with E-state index in [-0.39, 0.29) is 11.6 Å². The number of nitrogens with one attached hydrogen (secondary N) is 1. The number of carbonyl (C=O) groups is 2. The molecule has 1 aromatic carbocycles. The number of aromatic nitrogens is 1. The van der Waals surface area contributed by atoms with Crippen molar-refractivity contribution in [2.45, 2.75) is 46.5 Å². The zero-order valence-electron chi connectivity index (χ0n) is 16.0. The molecule has 1 atom stereocenters. The first-order valence-corrected chi connectivity index (χ1v) is 8.54. The molecule has 0 unspecified atom stereocenters. The van der Waals surface area contributed by atoms with E-state index in [0.29, 0.717) is 34.6 Å². The van der Waals surface area contributed by atoms with Crippen LogP contribution in [0.3, 0.4) is 0 Å². The predicted octanol–water partition coefficient (Wildman–Crippen LogP) is 4.56. The number of ketones is 2. The zero-order valence-corrected chi connectivity index (χ0v) is 16.0. The molecular weight excluding hydrogens is 357 g/mol. The van der Waals surface area contributed by atoms with Crippen LogP contribution in [0.25, 0.3) is 0 Å². The molecule has 1 N–H and O–H groups in total. The molecule has 0 amide bonds. The summed E-state index contributed by atoms with van der Waals surface area (Å²) in [6.45, 7) is 6.99. The van der Waals surface area contributed by atoms with Crippen molar-refractivity contribution in [1.29, 1.82) is 0 Å². The second-order valence-corrected chi connectivity index (χ2v) is 6.83. The van der Waals surface area contributed by atoms with Gasteiger partial charge in [-0.05, 0) is 58.0 Å². The Morgan fingerprint density at radius 1 is 1.15 bits per heavy atom. The highest BCUT2D eigenvalue weighted by Crippen LogP contribution is 2.29. The van der Waals surface area contributed by atoms with Crippen molar-refractivity contribution in [3.8, 4) is 0 Å². The van der Waals surface area contributed by atoms with Gasteiger partial charge in [0.15, 0.2) is 11.6 Å². The van der Waals surface area contributed by atoms with Crippen molar-refractivity contribution in [2.24, 2.45) is 0 Å². The van der Waals surface area contributed by atoms with Gasteiger partial charge in [0.05, 0.1) is 17.3 Å². The Morgan fingerprint density at radius 2 is 1.70 bits per heavy atom. The molecule has 7 heteroatoms. The highest BCUT2D eigenvalue weighted by molar-refractivity contribution is 6.05. The molecule has 0 saturated carbocycles. The number of nitrogens with zero attached hydrogens (tertiary/aromatic N) is 1. The summed E-state index contributed by atoms with van der Waals surface area (Å²) in [5.41, 5.74) is 2.17. The Labute approximate surface area is 156 Å². The Kier molecular flexibility index (Phi) is 5.94. The first-order valence-electron chi connectivity index (χ1n) is 8.54. The van der Waals surface area contributed by atoms with Gasteiger partial charge in [0.2, 0.25) is 0 Å². The van der Waals surface area contributed by atoms with Crippen LogP contribution in [0.15, 0.2) is 24.3 Å². The van der Waals surface area contributed by atoms with Gasteiger partial charge in [-0.1, -0.05) is 12.1 Å². The summed E-state index contributed by atoms with van der Waals surface area (Å²) < 4.78 is 38.0. The van der Waals surface area contributed by atoms with Crippen molar-refractivity contribution in [1.82, 2.24) is 9.88 Å². The number of halogens is 3. The standard InChI is InChI=1S/C20H23F3N2O2/c1-11-17(14(4)26)12(2)24-18(11)19(27)13(3)25(5)10-15-6-8-16(9-7-15)20(21,22)23/h6-9,13,24H,10H2,1-5H3/t13-/m0/s1. The normalized spacial score (nSPS) is 13.1. The lowest BCUT2D eigenvalue weighted by molar-refractivity contribution is -0.137. The maximum Gasteiger partial charge on any atom is 0.416 e. The van der Waals surface area contributed by atoms with E-state index in [0.717, 1.165) is 12.1 Å². The number of aryl methyl sites for hydroxylation is 1. The predicted molar refractivity (Wildman–Crippen MR) is 97.0 cm³/mol. The highest BCUT2D eigenvalue weighted by atomic mass is 19.4. The topological polar surface area (TPSA) is 53.2 Å².